The molecule has 32 heavy (non-hydrogen) atoms. The molecule has 0 aliphatic heterocycles. The third-order valence-electron chi connectivity index (χ3n) is 5.06. The number of halogens is 1. The minimum atomic E-state index is -3.92. The van der Waals surface area contributed by atoms with Gasteiger partial charge in [0.15, 0.2) is 0 Å². The highest BCUT2D eigenvalue weighted by Gasteiger charge is 2.26. The normalized spacial score (nSPS) is 12.3. The number of nitrogens with one attached hydrogen (secondary N) is 2. The Labute approximate surface area is 194 Å². The molecule has 0 radical (unpaired) electrons. The van der Waals surface area contributed by atoms with Gasteiger partial charge in [-0.15, -0.1) is 0 Å². The second-order valence-electron chi connectivity index (χ2n) is 7.61. The van der Waals surface area contributed by atoms with E-state index in [0.29, 0.717) is 10.7 Å². The summed E-state index contributed by atoms with van der Waals surface area (Å²) in [6.07, 6.45) is 3.43. The van der Waals surface area contributed by atoms with Crippen LogP contribution in [0.15, 0.2) is 83.8 Å². The molecule has 0 saturated carbocycles. The van der Waals surface area contributed by atoms with Gasteiger partial charge < -0.3 is 5.32 Å². The molecule has 5 nitrogen and oxygen atoms in total. The third kappa shape index (κ3) is 6.92. The van der Waals surface area contributed by atoms with Gasteiger partial charge in [0, 0.05) is 10.7 Å². The number of hydrogen-bond donors (Lipinski definition) is 2. The summed E-state index contributed by atoms with van der Waals surface area (Å²) in [5.74, 6) is -0.423. The monoisotopic (exact) mass is 470 g/mol. The van der Waals surface area contributed by atoms with Crippen LogP contribution in [0.5, 0.6) is 0 Å². The van der Waals surface area contributed by atoms with Crippen LogP contribution >= 0.6 is 11.6 Å². The molecule has 0 bridgehead atoms. The highest BCUT2D eigenvalue weighted by Crippen LogP contribution is 2.17. The smallest absolute Gasteiger partial charge is 0.242 e. The number of sulfonamides is 1. The van der Waals surface area contributed by atoms with Gasteiger partial charge in [-0.2, -0.15) is 4.72 Å². The summed E-state index contributed by atoms with van der Waals surface area (Å²) in [5.41, 5.74) is 2.68. The molecule has 3 rings (SSSR count). The van der Waals surface area contributed by atoms with Crippen molar-refractivity contribution in [3.63, 3.8) is 0 Å². The number of carbonyl (C=O) groups is 1. The fraction of sp³-hybridized carbons (Fsp3) is 0.240. The van der Waals surface area contributed by atoms with Gasteiger partial charge in [-0.3, -0.25) is 4.79 Å². The van der Waals surface area contributed by atoms with Gasteiger partial charge >= 0.3 is 0 Å². The lowest BCUT2D eigenvalue weighted by Crippen LogP contribution is -2.45. The Hall–Kier alpha value is -2.67. The molecule has 0 heterocycles. The lowest BCUT2D eigenvalue weighted by atomic mass is 10.1. The quantitative estimate of drug-likeness (QED) is 0.427. The number of benzene rings is 3. The largest absolute Gasteiger partial charge is 0.325 e. The number of amides is 1. The lowest BCUT2D eigenvalue weighted by molar-refractivity contribution is -0.117. The molecular formula is C25H27ClN2O3S. The van der Waals surface area contributed by atoms with Gasteiger partial charge in [-0.05, 0) is 66.8 Å². The SMILES string of the molecule is CCCCc1ccc(NC(=O)[C@H](Cc2ccccc2)NS(=O)(=O)c2ccc(Cl)cc2)cc1. The van der Waals surface area contributed by atoms with Crippen molar-refractivity contribution >= 4 is 33.2 Å². The minimum Gasteiger partial charge on any atom is -0.325 e. The standard InChI is InChI=1S/C25H27ClN2O3S/c1-2-3-7-19-10-14-22(15-11-19)27-25(29)24(18-20-8-5-4-6-9-20)28-32(30,31)23-16-12-21(26)13-17-23/h4-6,8-17,24,28H,2-3,7,18H2,1H3,(H,27,29)/t24-/m0/s1. The molecule has 0 fully saturated rings. The maximum absolute atomic E-state index is 13.1. The zero-order valence-electron chi connectivity index (χ0n) is 17.9. The molecule has 0 spiro atoms. The average Bonchev–Trinajstić information content (AvgIpc) is 2.79. The number of unbranched alkanes of at least 4 members (excludes halogenated alkanes) is 1. The van der Waals surface area contributed by atoms with Gasteiger partial charge in [0.25, 0.3) is 0 Å². The van der Waals surface area contributed by atoms with Gasteiger partial charge in [-0.1, -0.05) is 67.4 Å². The summed E-state index contributed by atoms with van der Waals surface area (Å²) < 4.78 is 28.4. The number of rotatable bonds is 10. The molecule has 0 aromatic heterocycles. The second kappa shape index (κ2) is 11.3. The highest BCUT2D eigenvalue weighted by molar-refractivity contribution is 7.89. The first-order valence-electron chi connectivity index (χ1n) is 10.6. The van der Waals surface area contributed by atoms with E-state index in [2.05, 4.69) is 17.0 Å². The maximum Gasteiger partial charge on any atom is 0.242 e. The summed E-state index contributed by atoms with van der Waals surface area (Å²) in [6.45, 7) is 2.15. The van der Waals surface area contributed by atoms with Crippen LogP contribution in [0, 0.1) is 0 Å². The van der Waals surface area contributed by atoms with Crippen LogP contribution in [-0.2, 0) is 27.7 Å². The van der Waals surface area contributed by atoms with Crippen LogP contribution in [0.2, 0.25) is 5.02 Å². The first-order chi connectivity index (χ1) is 15.4. The topological polar surface area (TPSA) is 75.3 Å². The molecule has 1 atom stereocenters. The Kier molecular flexibility index (Phi) is 8.45. The van der Waals surface area contributed by atoms with E-state index in [1.165, 1.54) is 29.8 Å². The predicted molar refractivity (Wildman–Crippen MR) is 129 cm³/mol. The first kappa shape index (κ1) is 24.0. The summed E-state index contributed by atoms with van der Waals surface area (Å²) in [4.78, 5) is 13.1. The first-order valence-corrected chi connectivity index (χ1v) is 12.4. The molecule has 1 amide bonds. The van der Waals surface area contributed by atoms with Crippen LogP contribution < -0.4 is 10.0 Å². The molecule has 0 aliphatic carbocycles. The van der Waals surface area contributed by atoms with E-state index in [1.807, 2.05) is 54.6 Å². The van der Waals surface area contributed by atoms with Crippen molar-refractivity contribution < 1.29 is 13.2 Å². The molecule has 0 saturated heterocycles. The van der Waals surface area contributed by atoms with Crippen LogP contribution in [0.3, 0.4) is 0 Å². The van der Waals surface area contributed by atoms with Crippen LogP contribution in [-0.4, -0.2) is 20.4 Å². The van der Waals surface area contributed by atoms with Crippen LogP contribution in [0.4, 0.5) is 5.69 Å². The fourth-order valence-corrected chi connectivity index (χ4v) is 4.59. The number of aryl methyl sites for hydroxylation is 1. The second-order valence-corrected chi connectivity index (χ2v) is 9.76. The molecule has 3 aromatic carbocycles. The molecule has 2 N–H and O–H groups in total. The van der Waals surface area contributed by atoms with Crippen molar-refractivity contribution in [1.29, 1.82) is 0 Å². The summed E-state index contributed by atoms with van der Waals surface area (Å²) in [6, 6.07) is 21.8. The van der Waals surface area contributed by atoms with Crippen LogP contribution in [0.25, 0.3) is 0 Å². The van der Waals surface area contributed by atoms with Crippen LogP contribution in [0.1, 0.15) is 30.9 Å². The Bertz CT molecular complexity index is 1120. The summed E-state index contributed by atoms with van der Waals surface area (Å²) >= 11 is 5.88. The van der Waals surface area contributed by atoms with Crippen molar-refractivity contribution in [3.05, 3.63) is 95.0 Å². The average molecular weight is 471 g/mol. The number of hydrogen-bond acceptors (Lipinski definition) is 3. The Morgan fingerprint density at radius 3 is 2.19 bits per heavy atom. The molecule has 168 valence electrons. The lowest BCUT2D eigenvalue weighted by Gasteiger charge is -2.19. The van der Waals surface area contributed by atoms with Crippen molar-refractivity contribution in [2.24, 2.45) is 0 Å². The van der Waals surface area contributed by atoms with E-state index in [9.17, 15) is 13.2 Å². The number of carbonyl (C=O) groups excluding carboxylic acids is 1. The fourth-order valence-electron chi connectivity index (χ4n) is 3.27. The van der Waals surface area contributed by atoms with Crippen molar-refractivity contribution in [3.8, 4) is 0 Å². The van der Waals surface area contributed by atoms with E-state index < -0.39 is 22.0 Å². The van der Waals surface area contributed by atoms with E-state index >= 15 is 0 Å². The molecule has 7 heteroatoms. The zero-order chi connectivity index (χ0) is 23.0. The predicted octanol–water partition coefficient (Wildman–Crippen LogP) is 5.21. The zero-order valence-corrected chi connectivity index (χ0v) is 19.5. The Morgan fingerprint density at radius 2 is 1.56 bits per heavy atom. The summed E-state index contributed by atoms with van der Waals surface area (Å²) in [5, 5.41) is 3.28. The van der Waals surface area contributed by atoms with Gasteiger partial charge in [0.2, 0.25) is 15.9 Å². The van der Waals surface area contributed by atoms with Gasteiger partial charge in [0.05, 0.1) is 4.90 Å². The maximum atomic E-state index is 13.1. The third-order valence-corrected chi connectivity index (χ3v) is 6.80. The minimum absolute atomic E-state index is 0.0491. The Balaban J connectivity index is 1.78. The summed E-state index contributed by atoms with van der Waals surface area (Å²) in [7, 11) is -3.92. The number of anilines is 1. The van der Waals surface area contributed by atoms with E-state index in [4.69, 9.17) is 11.6 Å². The van der Waals surface area contributed by atoms with E-state index in [1.54, 1.807) is 0 Å². The van der Waals surface area contributed by atoms with E-state index in [0.717, 1.165) is 24.8 Å². The van der Waals surface area contributed by atoms with Crippen molar-refractivity contribution in [1.82, 2.24) is 4.72 Å². The molecule has 0 unspecified atom stereocenters. The highest BCUT2D eigenvalue weighted by atomic mass is 35.5. The van der Waals surface area contributed by atoms with Crippen molar-refractivity contribution in [2.45, 2.75) is 43.5 Å². The van der Waals surface area contributed by atoms with E-state index in [-0.39, 0.29) is 11.3 Å². The molecular weight excluding hydrogens is 444 g/mol. The molecule has 3 aromatic rings. The molecule has 0 aliphatic rings. The van der Waals surface area contributed by atoms with Gasteiger partial charge in [-0.25, -0.2) is 8.42 Å². The Morgan fingerprint density at radius 1 is 0.906 bits per heavy atom. The van der Waals surface area contributed by atoms with Crippen molar-refractivity contribution in [2.75, 3.05) is 5.32 Å². The van der Waals surface area contributed by atoms with Gasteiger partial charge in [0.1, 0.15) is 6.04 Å².